The van der Waals surface area contributed by atoms with Crippen molar-refractivity contribution >= 4 is 6.29 Å². The van der Waals surface area contributed by atoms with E-state index in [9.17, 15) is 4.79 Å². The van der Waals surface area contributed by atoms with E-state index in [2.05, 4.69) is 10.5 Å². The van der Waals surface area contributed by atoms with Crippen LogP contribution in [0.25, 0.3) is 0 Å². The lowest BCUT2D eigenvalue weighted by molar-refractivity contribution is 0.112. The Kier molecular flexibility index (Phi) is 1.91. The van der Waals surface area contributed by atoms with Crippen LogP contribution in [0.4, 0.5) is 0 Å². The molecule has 1 aliphatic heterocycles. The van der Waals surface area contributed by atoms with Crippen LogP contribution in [0.1, 0.15) is 35.0 Å². The summed E-state index contributed by atoms with van der Waals surface area (Å²) in [6.45, 7) is 0.990. The monoisotopic (exact) mass is 166 g/mol. The molecule has 0 saturated carbocycles. The molecule has 2 rings (SSSR count). The van der Waals surface area contributed by atoms with Crippen LogP contribution in [0, 0.1) is 0 Å². The number of aldehydes is 1. The van der Waals surface area contributed by atoms with Gasteiger partial charge in [-0.25, -0.2) is 0 Å². The van der Waals surface area contributed by atoms with Crippen molar-refractivity contribution in [1.82, 2.24) is 10.5 Å². The van der Waals surface area contributed by atoms with Gasteiger partial charge in [-0.2, -0.15) is 0 Å². The van der Waals surface area contributed by atoms with Crippen LogP contribution < -0.4 is 5.32 Å². The number of nitrogens with one attached hydrogen (secondary N) is 1. The van der Waals surface area contributed by atoms with Crippen LogP contribution in [0.2, 0.25) is 0 Å². The van der Waals surface area contributed by atoms with E-state index in [1.807, 2.05) is 0 Å². The first-order chi connectivity index (χ1) is 5.92. The van der Waals surface area contributed by atoms with Gasteiger partial charge < -0.3 is 9.84 Å². The predicted molar refractivity (Wildman–Crippen MR) is 41.9 cm³/mol. The molecule has 1 aromatic heterocycles. The molecule has 1 fully saturated rings. The SMILES string of the molecule is O=Cc1cnoc1C1CCCN1. The van der Waals surface area contributed by atoms with Gasteiger partial charge >= 0.3 is 0 Å². The summed E-state index contributed by atoms with van der Waals surface area (Å²) in [5, 5.41) is 6.83. The zero-order valence-corrected chi connectivity index (χ0v) is 6.62. The number of rotatable bonds is 2. The van der Waals surface area contributed by atoms with Crippen LogP contribution >= 0.6 is 0 Å². The van der Waals surface area contributed by atoms with E-state index in [-0.39, 0.29) is 6.04 Å². The zero-order valence-electron chi connectivity index (χ0n) is 6.62. The van der Waals surface area contributed by atoms with Crippen molar-refractivity contribution in [3.63, 3.8) is 0 Å². The minimum Gasteiger partial charge on any atom is -0.359 e. The Morgan fingerprint density at radius 3 is 3.33 bits per heavy atom. The molecule has 1 aliphatic rings. The maximum Gasteiger partial charge on any atom is 0.164 e. The summed E-state index contributed by atoms with van der Waals surface area (Å²) < 4.78 is 5.00. The molecule has 1 unspecified atom stereocenters. The number of aromatic nitrogens is 1. The van der Waals surface area contributed by atoms with Crippen molar-refractivity contribution in [2.45, 2.75) is 18.9 Å². The molecule has 1 aromatic rings. The second-order valence-electron chi connectivity index (χ2n) is 2.91. The van der Waals surface area contributed by atoms with Crippen molar-refractivity contribution in [3.05, 3.63) is 17.5 Å². The molecule has 64 valence electrons. The summed E-state index contributed by atoms with van der Waals surface area (Å²) in [6.07, 6.45) is 4.40. The molecule has 0 spiro atoms. The Balaban J connectivity index is 2.25. The van der Waals surface area contributed by atoms with Crippen molar-refractivity contribution in [1.29, 1.82) is 0 Å². The molecule has 1 saturated heterocycles. The third-order valence-electron chi connectivity index (χ3n) is 2.13. The Bertz CT molecular complexity index is 276. The van der Waals surface area contributed by atoms with Crippen LogP contribution in [-0.4, -0.2) is 18.0 Å². The summed E-state index contributed by atoms with van der Waals surface area (Å²) in [5.41, 5.74) is 0.564. The van der Waals surface area contributed by atoms with Crippen molar-refractivity contribution in [2.24, 2.45) is 0 Å². The fourth-order valence-electron chi connectivity index (χ4n) is 1.52. The second-order valence-corrected chi connectivity index (χ2v) is 2.91. The maximum atomic E-state index is 10.5. The molecule has 0 aromatic carbocycles. The lowest BCUT2D eigenvalue weighted by atomic mass is 10.1. The molecule has 0 amide bonds. The number of carbonyl (C=O) groups excluding carboxylic acids is 1. The van der Waals surface area contributed by atoms with Gasteiger partial charge in [0.25, 0.3) is 0 Å². The van der Waals surface area contributed by atoms with Crippen molar-refractivity contribution < 1.29 is 9.32 Å². The van der Waals surface area contributed by atoms with Crippen molar-refractivity contribution in [3.8, 4) is 0 Å². The first-order valence-electron chi connectivity index (χ1n) is 4.05. The number of hydrogen-bond donors (Lipinski definition) is 1. The van der Waals surface area contributed by atoms with Gasteiger partial charge in [0.05, 0.1) is 17.8 Å². The van der Waals surface area contributed by atoms with E-state index in [1.165, 1.54) is 6.20 Å². The van der Waals surface area contributed by atoms with Gasteiger partial charge in [0, 0.05) is 0 Å². The lowest BCUT2D eigenvalue weighted by Crippen LogP contribution is -2.13. The fraction of sp³-hybridized carbons (Fsp3) is 0.500. The molecule has 4 heteroatoms. The van der Waals surface area contributed by atoms with E-state index in [0.29, 0.717) is 11.3 Å². The summed E-state index contributed by atoms with van der Waals surface area (Å²) >= 11 is 0. The fourth-order valence-corrected chi connectivity index (χ4v) is 1.52. The highest BCUT2D eigenvalue weighted by Gasteiger charge is 2.22. The topological polar surface area (TPSA) is 55.1 Å². The molecule has 1 atom stereocenters. The van der Waals surface area contributed by atoms with Crippen LogP contribution in [-0.2, 0) is 0 Å². The third kappa shape index (κ3) is 1.14. The quantitative estimate of drug-likeness (QED) is 0.663. The lowest BCUT2D eigenvalue weighted by Gasteiger charge is -2.04. The molecular formula is C8H10N2O2. The first-order valence-corrected chi connectivity index (χ1v) is 4.05. The Morgan fingerprint density at radius 1 is 1.75 bits per heavy atom. The smallest absolute Gasteiger partial charge is 0.164 e. The average molecular weight is 166 g/mol. The van der Waals surface area contributed by atoms with E-state index in [1.54, 1.807) is 0 Å². The third-order valence-corrected chi connectivity index (χ3v) is 2.13. The Hall–Kier alpha value is -1.16. The van der Waals surface area contributed by atoms with Crippen LogP contribution in [0.3, 0.4) is 0 Å². The second kappa shape index (κ2) is 3.06. The van der Waals surface area contributed by atoms with Gasteiger partial charge in [-0.15, -0.1) is 0 Å². The van der Waals surface area contributed by atoms with E-state index < -0.39 is 0 Å². The van der Waals surface area contributed by atoms with Crippen molar-refractivity contribution in [2.75, 3.05) is 6.54 Å². The largest absolute Gasteiger partial charge is 0.359 e. The van der Waals surface area contributed by atoms with Crippen LogP contribution in [0.5, 0.6) is 0 Å². The highest BCUT2D eigenvalue weighted by molar-refractivity contribution is 5.75. The Morgan fingerprint density at radius 2 is 2.67 bits per heavy atom. The molecule has 0 aliphatic carbocycles. The minimum absolute atomic E-state index is 0.188. The zero-order chi connectivity index (χ0) is 8.39. The normalized spacial score (nSPS) is 22.8. The minimum atomic E-state index is 0.188. The molecule has 0 bridgehead atoms. The molecular weight excluding hydrogens is 156 g/mol. The van der Waals surface area contributed by atoms with Gasteiger partial charge in [-0.05, 0) is 19.4 Å². The highest BCUT2D eigenvalue weighted by atomic mass is 16.5. The summed E-state index contributed by atoms with van der Waals surface area (Å²) in [4.78, 5) is 10.5. The van der Waals surface area contributed by atoms with Crippen LogP contribution in [0.15, 0.2) is 10.7 Å². The van der Waals surface area contributed by atoms with E-state index in [0.717, 1.165) is 25.7 Å². The molecule has 12 heavy (non-hydrogen) atoms. The van der Waals surface area contributed by atoms with E-state index >= 15 is 0 Å². The molecule has 2 heterocycles. The summed E-state index contributed by atoms with van der Waals surface area (Å²) in [6, 6.07) is 0.188. The van der Waals surface area contributed by atoms with E-state index in [4.69, 9.17) is 4.52 Å². The van der Waals surface area contributed by atoms with Gasteiger partial charge in [0.1, 0.15) is 0 Å². The molecule has 4 nitrogen and oxygen atoms in total. The standard InChI is InChI=1S/C8H10N2O2/c11-5-6-4-10-12-8(6)7-2-1-3-9-7/h4-5,7,9H,1-3H2. The van der Waals surface area contributed by atoms with Gasteiger partial charge in [0.15, 0.2) is 12.0 Å². The van der Waals surface area contributed by atoms with Gasteiger partial charge in [-0.1, -0.05) is 5.16 Å². The summed E-state index contributed by atoms with van der Waals surface area (Å²) in [5.74, 6) is 0.683. The van der Waals surface area contributed by atoms with Gasteiger partial charge in [0.2, 0.25) is 0 Å². The maximum absolute atomic E-state index is 10.5. The highest BCUT2D eigenvalue weighted by Crippen LogP contribution is 2.24. The molecule has 0 radical (unpaired) electrons. The molecule has 1 N–H and O–H groups in total. The number of carbonyl (C=O) groups is 1. The Labute approximate surface area is 69.9 Å². The number of nitrogens with zero attached hydrogens (tertiary/aromatic N) is 1. The van der Waals surface area contributed by atoms with Gasteiger partial charge in [-0.3, -0.25) is 4.79 Å². The predicted octanol–water partition coefficient (Wildman–Crippen LogP) is 0.912. The summed E-state index contributed by atoms with van der Waals surface area (Å²) in [7, 11) is 0. The first kappa shape index (κ1) is 7.49. The average Bonchev–Trinajstić information content (AvgIpc) is 2.74. The number of hydrogen-bond acceptors (Lipinski definition) is 4.